The zero-order chi connectivity index (χ0) is 26.4. The van der Waals surface area contributed by atoms with E-state index in [4.69, 9.17) is 11.6 Å². The van der Waals surface area contributed by atoms with Crippen LogP contribution in [-0.2, 0) is 22.7 Å². The molecule has 9 heteroatoms. The molecule has 0 radical (unpaired) electrons. The number of aromatic nitrogens is 2. The van der Waals surface area contributed by atoms with E-state index in [2.05, 4.69) is 10.6 Å². The molecular formula is C28H27ClN4O4. The Morgan fingerprint density at radius 3 is 2.11 bits per heavy atom. The van der Waals surface area contributed by atoms with E-state index in [1.807, 2.05) is 31.2 Å². The van der Waals surface area contributed by atoms with E-state index < -0.39 is 17.2 Å². The molecule has 8 nitrogen and oxygen atoms in total. The van der Waals surface area contributed by atoms with E-state index in [0.29, 0.717) is 34.5 Å². The molecule has 1 heterocycles. The summed E-state index contributed by atoms with van der Waals surface area (Å²) >= 11 is 5.89. The van der Waals surface area contributed by atoms with Gasteiger partial charge in [0.05, 0.1) is 10.9 Å². The Balaban J connectivity index is 1.46. The van der Waals surface area contributed by atoms with Crippen LogP contribution in [0.3, 0.4) is 0 Å². The Morgan fingerprint density at radius 2 is 1.41 bits per heavy atom. The number of carbonyl (C=O) groups is 2. The number of hydrogen-bond donors (Lipinski definition) is 2. The molecule has 37 heavy (non-hydrogen) atoms. The molecule has 0 bridgehead atoms. The van der Waals surface area contributed by atoms with Gasteiger partial charge in [0, 0.05) is 29.4 Å². The van der Waals surface area contributed by atoms with Gasteiger partial charge in [0.2, 0.25) is 11.8 Å². The number of halogens is 1. The molecule has 0 saturated heterocycles. The van der Waals surface area contributed by atoms with Crippen molar-refractivity contribution >= 4 is 45.7 Å². The van der Waals surface area contributed by atoms with Crippen LogP contribution >= 0.6 is 11.6 Å². The van der Waals surface area contributed by atoms with Crippen molar-refractivity contribution < 1.29 is 9.59 Å². The number of aryl methyl sites for hydroxylation is 1. The predicted octanol–water partition coefficient (Wildman–Crippen LogP) is 4.57. The molecule has 0 fully saturated rings. The number of carbonyl (C=O) groups excluding carboxylic acids is 2. The van der Waals surface area contributed by atoms with E-state index in [9.17, 15) is 19.2 Å². The largest absolute Gasteiger partial charge is 0.331 e. The Hall–Kier alpha value is -4.17. The van der Waals surface area contributed by atoms with Crippen LogP contribution in [-0.4, -0.2) is 20.9 Å². The summed E-state index contributed by atoms with van der Waals surface area (Å²) in [5.41, 5.74) is 1.77. The van der Waals surface area contributed by atoms with E-state index >= 15 is 0 Å². The SMILES string of the molecule is Cc1ccc(NC(=O)CCCCn2c(=O)c3ccccc3n(CC(=O)Nc3ccc(Cl)cc3)c2=O)cc1. The summed E-state index contributed by atoms with van der Waals surface area (Å²) in [6.07, 6.45) is 1.20. The summed E-state index contributed by atoms with van der Waals surface area (Å²) in [7, 11) is 0. The lowest BCUT2D eigenvalue weighted by Gasteiger charge is -2.14. The van der Waals surface area contributed by atoms with Gasteiger partial charge in [-0.05, 0) is 68.3 Å². The van der Waals surface area contributed by atoms with Gasteiger partial charge in [0.1, 0.15) is 6.54 Å². The van der Waals surface area contributed by atoms with Crippen LogP contribution in [0.15, 0.2) is 82.4 Å². The lowest BCUT2D eigenvalue weighted by atomic mass is 10.2. The van der Waals surface area contributed by atoms with Crippen molar-refractivity contribution in [3.8, 4) is 0 Å². The molecular weight excluding hydrogens is 492 g/mol. The van der Waals surface area contributed by atoms with Gasteiger partial charge in [-0.15, -0.1) is 0 Å². The maximum Gasteiger partial charge on any atom is 0.331 e. The molecule has 0 aliphatic heterocycles. The van der Waals surface area contributed by atoms with Crippen LogP contribution in [0.4, 0.5) is 11.4 Å². The number of anilines is 2. The van der Waals surface area contributed by atoms with Crippen LogP contribution in [0.5, 0.6) is 0 Å². The second kappa shape index (κ2) is 11.7. The first-order valence-corrected chi connectivity index (χ1v) is 12.3. The van der Waals surface area contributed by atoms with Crippen molar-refractivity contribution in [2.45, 2.75) is 39.3 Å². The smallest absolute Gasteiger partial charge is 0.326 e. The van der Waals surface area contributed by atoms with Crippen LogP contribution in [0.25, 0.3) is 10.9 Å². The Morgan fingerprint density at radius 1 is 0.784 bits per heavy atom. The van der Waals surface area contributed by atoms with Crippen molar-refractivity contribution in [3.05, 3.63) is 104 Å². The molecule has 2 amide bonds. The predicted molar refractivity (Wildman–Crippen MR) is 146 cm³/mol. The second-order valence-electron chi connectivity index (χ2n) is 8.77. The number of nitrogens with one attached hydrogen (secondary N) is 2. The van der Waals surface area contributed by atoms with Gasteiger partial charge in [-0.25, -0.2) is 4.79 Å². The number of hydrogen-bond acceptors (Lipinski definition) is 4. The number of para-hydroxylation sites is 1. The van der Waals surface area contributed by atoms with E-state index in [0.717, 1.165) is 15.8 Å². The summed E-state index contributed by atoms with van der Waals surface area (Å²) in [5, 5.41) is 6.47. The molecule has 0 unspecified atom stereocenters. The van der Waals surface area contributed by atoms with Gasteiger partial charge in [-0.3, -0.25) is 23.5 Å². The van der Waals surface area contributed by atoms with Crippen molar-refractivity contribution in [3.63, 3.8) is 0 Å². The minimum Gasteiger partial charge on any atom is -0.326 e. The molecule has 4 aromatic rings. The standard InChI is InChI=1S/C28H27ClN4O4/c1-19-9-13-21(14-10-19)30-25(34)8-4-5-17-32-27(36)23-6-2-3-7-24(23)33(28(32)37)18-26(35)31-22-15-11-20(29)12-16-22/h2-3,6-7,9-16H,4-5,8,17-18H2,1H3,(H,30,34)(H,31,35). The highest BCUT2D eigenvalue weighted by atomic mass is 35.5. The number of benzene rings is 3. The highest BCUT2D eigenvalue weighted by Crippen LogP contribution is 2.14. The van der Waals surface area contributed by atoms with E-state index in [1.54, 1.807) is 48.5 Å². The highest BCUT2D eigenvalue weighted by molar-refractivity contribution is 6.30. The van der Waals surface area contributed by atoms with Gasteiger partial charge in [0.15, 0.2) is 0 Å². The first-order valence-electron chi connectivity index (χ1n) is 12.0. The molecule has 2 N–H and O–H groups in total. The minimum atomic E-state index is -0.570. The molecule has 0 atom stereocenters. The number of rotatable bonds is 9. The number of unbranched alkanes of at least 4 members (excludes halogenated alkanes) is 1. The summed E-state index contributed by atoms with van der Waals surface area (Å²) in [6, 6.07) is 20.9. The summed E-state index contributed by atoms with van der Waals surface area (Å²) in [6.45, 7) is 1.85. The first-order chi connectivity index (χ1) is 17.8. The average Bonchev–Trinajstić information content (AvgIpc) is 2.89. The van der Waals surface area contributed by atoms with Crippen molar-refractivity contribution in [2.75, 3.05) is 10.6 Å². The van der Waals surface area contributed by atoms with Crippen molar-refractivity contribution in [1.82, 2.24) is 9.13 Å². The van der Waals surface area contributed by atoms with Gasteiger partial charge < -0.3 is 10.6 Å². The van der Waals surface area contributed by atoms with Gasteiger partial charge in [-0.1, -0.05) is 41.4 Å². The zero-order valence-electron chi connectivity index (χ0n) is 20.4. The first kappa shape index (κ1) is 25.9. The van der Waals surface area contributed by atoms with Crippen LogP contribution in [0.1, 0.15) is 24.8 Å². The molecule has 3 aromatic carbocycles. The molecule has 0 saturated carbocycles. The Bertz CT molecular complexity index is 1540. The van der Waals surface area contributed by atoms with Crippen LogP contribution in [0.2, 0.25) is 5.02 Å². The van der Waals surface area contributed by atoms with Gasteiger partial charge in [0.25, 0.3) is 5.56 Å². The van der Waals surface area contributed by atoms with Crippen LogP contribution in [0, 0.1) is 6.92 Å². The number of amides is 2. The third-order valence-corrected chi connectivity index (χ3v) is 6.18. The maximum absolute atomic E-state index is 13.3. The summed E-state index contributed by atoms with van der Waals surface area (Å²) < 4.78 is 2.43. The van der Waals surface area contributed by atoms with E-state index in [1.165, 1.54) is 4.57 Å². The van der Waals surface area contributed by atoms with E-state index in [-0.39, 0.29) is 25.4 Å². The van der Waals surface area contributed by atoms with Gasteiger partial charge >= 0.3 is 5.69 Å². The Kier molecular flexibility index (Phi) is 8.20. The van der Waals surface area contributed by atoms with Crippen LogP contribution < -0.4 is 21.9 Å². The summed E-state index contributed by atoms with van der Waals surface area (Å²) in [5.74, 6) is -0.543. The fourth-order valence-corrected chi connectivity index (χ4v) is 4.14. The molecule has 4 rings (SSSR count). The number of fused-ring (bicyclic) bond motifs is 1. The lowest BCUT2D eigenvalue weighted by Crippen LogP contribution is -2.41. The number of nitrogens with zero attached hydrogens (tertiary/aromatic N) is 2. The van der Waals surface area contributed by atoms with Gasteiger partial charge in [-0.2, -0.15) is 0 Å². The zero-order valence-corrected chi connectivity index (χ0v) is 21.1. The molecule has 1 aromatic heterocycles. The molecule has 190 valence electrons. The third-order valence-electron chi connectivity index (χ3n) is 5.93. The molecule has 0 aliphatic rings. The fourth-order valence-electron chi connectivity index (χ4n) is 4.01. The van der Waals surface area contributed by atoms with Crippen molar-refractivity contribution in [2.24, 2.45) is 0 Å². The third kappa shape index (κ3) is 6.54. The molecule has 0 aliphatic carbocycles. The van der Waals surface area contributed by atoms with Crippen molar-refractivity contribution in [1.29, 1.82) is 0 Å². The topological polar surface area (TPSA) is 102 Å². The average molecular weight is 519 g/mol. The lowest BCUT2D eigenvalue weighted by molar-refractivity contribution is -0.117. The fraction of sp³-hybridized carbons (Fsp3) is 0.214. The maximum atomic E-state index is 13.3. The highest BCUT2D eigenvalue weighted by Gasteiger charge is 2.15. The monoisotopic (exact) mass is 518 g/mol. The second-order valence-corrected chi connectivity index (χ2v) is 9.21. The molecule has 0 spiro atoms. The Labute approximate surface area is 218 Å². The normalized spacial score (nSPS) is 10.9. The summed E-state index contributed by atoms with van der Waals surface area (Å²) in [4.78, 5) is 51.3. The quantitative estimate of drug-likeness (QED) is 0.317. The minimum absolute atomic E-state index is 0.133.